The fraction of sp³-hybridized carbons (Fsp3) is 0.533. The molecule has 0 aromatic heterocycles. The number of nitrogens with zero attached hydrogens (tertiary/aromatic N) is 1. The van der Waals surface area contributed by atoms with Gasteiger partial charge in [-0.2, -0.15) is 0 Å². The molecule has 0 spiro atoms. The summed E-state index contributed by atoms with van der Waals surface area (Å²) in [6.45, 7) is 1.77. The summed E-state index contributed by atoms with van der Waals surface area (Å²) < 4.78 is 5.54. The van der Waals surface area contributed by atoms with Crippen LogP contribution in [0.3, 0.4) is 0 Å². The highest BCUT2D eigenvalue weighted by Gasteiger charge is 2.16. The average molecular weight is 263 g/mol. The Kier molecular flexibility index (Phi) is 4.43. The maximum atomic E-state index is 11.8. The van der Waals surface area contributed by atoms with Crippen LogP contribution in [0.25, 0.3) is 0 Å². The third-order valence-corrected chi connectivity index (χ3v) is 3.75. The van der Waals surface area contributed by atoms with Gasteiger partial charge in [-0.05, 0) is 49.4 Å². The van der Waals surface area contributed by atoms with E-state index in [0.29, 0.717) is 0 Å². The number of likely N-dealkylation sites (N-methyl/N-ethyl adjacent to an activating group) is 1. The van der Waals surface area contributed by atoms with Gasteiger partial charge in [0.05, 0.1) is 12.6 Å². The maximum absolute atomic E-state index is 11.8. The molecule has 1 aliphatic carbocycles. The van der Waals surface area contributed by atoms with Crippen LogP contribution in [0, 0.1) is 0 Å². The Hall–Kier alpha value is -1.55. The summed E-state index contributed by atoms with van der Waals surface area (Å²) in [6, 6.07) is 5.86. The zero-order chi connectivity index (χ0) is 13.8. The number of hydrogen-bond acceptors (Lipinski definition) is 3. The van der Waals surface area contributed by atoms with Gasteiger partial charge in [0.15, 0.2) is 6.61 Å². The van der Waals surface area contributed by atoms with Crippen LogP contribution in [-0.4, -0.2) is 42.2 Å². The van der Waals surface area contributed by atoms with E-state index in [0.717, 1.165) is 18.6 Å². The number of aryl methyl sites for hydroxylation is 2. The summed E-state index contributed by atoms with van der Waals surface area (Å²) in [5, 5.41) is 9.01. The molecule has 4 heteroatoms. The summed E-state index contributed by atoms with van der Waals surface area (Å²) >= 11 is 0. The van der Waals surface area contributed by atoms with Gasteiger partial charge in [0.2, 0.25) is 0 Å². The first kappa shape index (κ1) is 13.9. The molecule has 1 N–H and O–H groups in total. The molecule has 1 unspecified atom stereocenters. The lowest BCUT2D eigenvalue weighted by molar-refractivity contribution is -0.134. The van der Waals surface area contributed by atoms with Gasteiger partial charge in [-0.15, -0.1) is 0 Å². The van der Waals surface area contributed by atoms with Gasteiger partial charge >= 0.3 is 0 Å². The van der Waals surface area contributed by atoms with Crippen LogP contribution in [0.1, 0.15) is 24.5 Å². The Morgan fingerprint density at radius 1 is 1.42 bits per heavy atom. The number of benzene rings is 1. The minimum absolute atomic E-state index is 0.0135. The number of hydrogen-bond donors (Lipinski definition) is 1. The van der Waals surface area contributed by atoms with E-state index in [1.165, 1.54) is 22.4 Å². The number of carbonyl (C=O) groups is 1. The van der Waals surface area contributed by atoms with Crippen LogP contribution in [0.15, 0.2) is 18.2 Å². The predicted molar refractivity (Wildman–Crippen MR) is 73.3 cm³/mol. The SMILES string of the molecule is CC(CO)N(C)C(=O)COc1ccc2c(c1)CCC2. The van der Waals surface area contributed by atoms with Crippen molar-refractivity contribution in [2.45, 2.75) is 32.2 Å². The second-order valence-corrected chi connectivity index (χ2v) is 5.11. The van der Waals surface area contributed by atoms with E-state index < -0.39 is 0 Å². The highest BCUT2D eigenvalue weighted by atomic mass is 16.5. The van der Waals surface area contributed by atoms with Gasteiger partial charge in [-0.3, -0.25) is 4.79 Å². The summed E-state index contributed by atoms with van der Waals surface area (Å²) in [5.74, 6) is 0.626. The molecule has 1 amide bonds. The molecule has 0 radical (unpaired) electrons. The van der Waals surface area contributed by atoms with Crippen molar-refractivity contribution >= 4 is 5.91 Å². The first-order chi connectivity index (χ1) is 9.11. The lowest BCUT2D eigenvalue weighted by Gasteiger charge is -2.23. The fourth-order valence-corrected chi connectivity index (χ4v) is 2.25. The van der Waals surface area contributed by atoms with Gasteiger partial charge in [0, 0.05) is 7.05 Å². The van der Waals surface area contributed by atoms with Gasteiger partial charge in [-0.1, -0.05) is 6.07 Å². The zero-order valence-corrected chi connectivity index (χ0v) is 11.6. The van der Waals surface area contributed by atoms with Crippen molar-refractivity contribution in [1.82, 2.24) is 4.90 Å². The summed E-state index contributed by atoms with van der Waals surface area (Å²) in [7, 11) is 1.68. The highest BCUT2D eigenvalue weighted by molar-refractivity contribution is 5.77. The zero-order valence-electron chi connectivity index (χ0n) is 11.6. The van der Waals surface area contributed by atoms with Crippen LogP contribution >= 0.6 is 0 Å². The number of fused-ring (bicyclic) bond motifs is 1. The van der Waals surface area contributed by atoms with Gasteiger partial charge in [0.1, 0.15) is 5.75 Å². The van der Waals surface area contributed by atoms with E-state index >= 15 is 0 Å². The molecule has 19 heavy (non-hydrogen) atoms. The number of aliphatic hydroxyl groups is 1. The Labute approximate surface area is 114 Å². The minimum Gasteiger partial charge on any atom is -0.484 e. The largest absolute Gasteiger partial charge is 0.484 e. The van der Waals surface area contributed by atoms with E-state index in [2.05, 4.69) is 6.07 Å². The van der Waals surface area contributed by atoms with Crippen molar-refractivity contribution in [3.63, 3.8) is 0 Å². The topological polar surface area (TPSA) is 49.8 Å². The predicted octanol–water partition coefficient (Wildman–Crippen LogP) is 1.39. The van der Waals surface area contributed by atoms with Gasteiger partial charge < -0.3 is 14.7 Å². The molecule has 1 aromatic rings. The third kappa shape index (κ3) is 3.26. The third-order valence-electron chi connectivity index (χ3n) is 3.75. The number of carbonyl (C=O) groups excluding carboxylic acids is 1. The minimum atomic E-state index is -0.184. The van der Waals surface area contributed by atoms with Crippen LogP contribution in [-0.2, 0) is 17.6 Å². The Morgan fingerprint density at radius 2 is 2.16 bits per heavy atom. The first-order valence-corrected chi connectivity index (χ1v) is 6.73. The number of ether oxygens (including phenoxy) is 1. The van der Waals surface area contributed by atoms with E-state index in [9.17, 15) is 4.79 Å². The number of aliphatic hydroxyl groups excluding tert-OH is 1. The molecule has 0 bridgehead atoms. The molecule has 2 rings (SSSR count). The second kappa shape index (κ2) is 6.06. The monoisotopic (exact) mass is 263 g/mol. The Morgan fingerprint density at radius 3 is 2.89 bits per heavy atom. The summed E-state index contributed by atoms with van der Waals surface area (Å²) in [5.41, 5.74) is 2.73. The molecule has 0 saturated carbocycles. The molecule has 0 saturated heterocycles. The van der Waals surface area contributed by atoms with E-state index in [4.69, 9.17) is 9.84 Å². The maximum Gasteiger partial charge on any atom is 0.260 e. The summed E-state index contributed by atoms with van der Waals surface area (Å²) in [4.78, 5) is 13.3. The number of amides is 1. The molecule has 4 nitrogen and oxygen atoms in total. The van der Waals surface area contributed by atoms with Crippen molar-refractivity contribution in [3.8, 4) is 5.75 Å². The van der Waals surface area contributed by atoms with Gasteiger partial charge in [-0.25, -0.2) is 0 Å². The van der Waals surface area contributed by atoms with Crippen molar-refractivity contribution < 1.29 is 14.6 Å². The molecule has 104 valence electrons. The number of rotatable bonds is 5. The normalized spacial score (nSPS) is 14.9. The van der Waals surface area contributed by atoms with Gasteiger partial charge in [0.25, 0.3) is 5.91 Å². The molecule has 0 heterocycles. The van der Waals surface area contributed by atoms with Crippen molar-refractivity contribution in [3.05, 3.63) is 29.3 Å². The standard InChI is InChI=1S/C15H21NO3/c1-11(9-17)16(2)15(18)10-19-14-7-6-12-4-3-5-13(12)8-14/h6-8,11,17H,3-5,9-10H2,1-2H3. The van der Waals surface area contributed by atoms with Crippen LogP contribution in [0.5, 0.6) is 5.75 Å². The molecule has 1 aliphatic rings. The lowest BCUT2D eigenvalue weighted by Crippen LogP contribution is -2.40. The average Bonchev–Trinajstić information content (AvgIpc) is 2.90. The molecule has 1 atom stereocenters. The van der Waals surface area contributed by atoms with Crippen molar-refractivity contribution in [2.24, 2.45) is 0 Å². The van der Waals surface area contributed by atoms with E-state index in [1.54, 1.807) is 14.0 Å². The molecular weight excluding hydrogens is 242 g/mol. The summed E-state index contributed by atoms with van der Waals surface area (Å²) in [6.07, 6.45) is 3.45. The Bertz CT molecular complexity index is 459. The van der Waals surface area contributed by atoms with Crippen LogP contribution in [0.4, 0.5) is 0 Å². The second-order valence-electron chi connectivity index (χ2n) is 5.11. The molecule has 0 fully saturated rings. The lowest BCUT2D eigenvalue weighted by atomic mass is 10.1. The Balaban J connectivity index is 1.90. The molecule has 1 aromatic carbocycles. The quantitative estimate of drug-likeness (QED) is 0.873. The highest BCUT2D eigenvalue weighted by Crippen LogP contribution is 2.25. The molecule has 0 aliphatic heterocycles. The first-order valence-electron chi connectivity index (χ1n) is 6.73. The van der Waals surface area contributed by atoms with E-state index in [1.807, 2.05) is 12.1 Å². The smallest absolute Gasteiger partial charge is 0.260 e. The van der Waals surface area contributed by atoms with E-state index in [-0.39, 0.29) is 25.2 Å². The van der Waals surface area contributed by atoms with Crippen molar-refractivity contribution in [2.75, 3.05) is 20.3 Å². The van der Waals surface area contributed by atoms with Crippen LogP contribution < -0.4 is 4.74 Å². The van der Waals surface area contributed by atoms with Crippen molar-refractivity contribution in [1.29, 1.82) is 0 Å². The molecular formula is C15H21NO3. The van der Waals surface area contributed by atoms with Crippen LogP contribution in [0.2, 0.25) is 0 Å². The fourth-order valence-electron chi connectivity index (χ4n) is 2.25.